The monoisotopic (exact) mass is 262 g/mol. The van der Waals surface area contributed by atoms with Crippen LogP contribution < -0.4 is 10.2 Å². The first-order valence-electron chi connectivity index (χ1n) is 6.42. The van der Waals surface area contributed by atoms with Crippen molar-refractivity contribution in [3.63, 3.8) is 0 Å². The average molecular weight is 262 g/mol. The van der Waals surface area contributed by atoms with Crippen molar-refractivity contribution >= 4 is 23.3 Å². The summed E-state index contributed by atoms with van der Waals surface area (Å²) in [5.74, 6) is -0.404. The molecule has 0 spiro atoms. The molecule has 0 unspecified atom stereocenters. The minimum atomic E-state index is -0.374. The van der Waals surface area contributed by atoms with Crippen molar-refractivity contribution in [3.8, 4) is 0 Å². The maximum absolute atomic E-state index is 12.0. The van der Waals surface area contributed by atoms with Crippen LogP contribution in [0.5, 0.6) is 0 Å². The third-order valence-electron chi connectivity index (χ3n) is 3.16. The third kappa shape index (κ3) is 2.86. The Morgan fingerprint density at radius 2 is 2.21 bits per heavy atom. The number of anilines is 2. The summed E-state index contributed by atoms with van der Waals surface area (Å²) in [5, 5.41) is 3.07. The van der Waals surface area contributed by atoms with Crippen molar-refractivity contribution in [3.05, 3.63) is 23.8 Å². The summed E-state index contributed by atoms with van der Waals surface area (Å²) in [6, 6.07) is 5.78. The molecule has 0 fully saturated rings. The molecule has 5 nitrogen and oxygen atoms in total. The molecule has 0 saturated carbocycles. The Hall–Kier alpha value is -2.04. The molecule has 0 atom stereocenters. The first kappa shape index (κ1) is 13.4. The van der Waals surface area contributed by atoms with Crippen LogP contribution >= 0.6 is 0 Å². The SMILES string of the molecule is CCOC(=O)CN1C(=O)CCc2cc(NC)ccc21. The lowest BCUT2D eigenvalue weighted by Crippen LogP contribution is -2.39. The third-order valence-corrected chi connectivity index (χ3v) is 3.16. The number of hydrogen-bond acceptors (Lipinski definition) is 4. The molecule has 1 aliphatic heterocycles. The van der Waals surface area contributed by atoms with Gasteiger partial charge in [0, 0.05) is 24.8 Å². The van der Waals surface area contributed by atoms with E-state index in [4.69, 9.17) is 4.74 Å². The van der Waals surface area contributed by atoms with Gasteiger partial charge in [-0.2, -0.15) is 0 Å². The Morgan fingerprint density at radius 3 is 2.89 bits per heavy atom. The Balaban J connectivity index is 2.25. The van der Waals surface area contributed by atoms with E-state index < -0.39 is 0 Å². The molecular formula is C14H18N2O3. The number of esters is 1. The lowest BCUT2D eigenvalue weighted by molar-refractivity contribution is -0.142. The molecule has 0 aromatic heterocycles. The molecular weight excluding hydrogens is 244 g/mol. The number of aryl methyl sites for hydroxylation is 1. The number of hydrogen-bond donors (Lipinski definition) is 1. The summed E-state index contributed by atoms with van der Waals surface area (Å²) in [5.41, 5.74) is 2.89. The highest BCUT2D eigenvalue weighted by Gasteiger charge is 2.26. The minimum Gasteiger partial charge on any atom is -0.465 e. The van der Waals surface area contributed by atoms with Gasteiger partial charge in [-0.3, -0.25) is 9.59 Å². The second-order valence-corrected chi connectivity index (χ2v) is 4.38. The highest BCUT2D eigenvalue weighted by molar-refractivity contribution is 6.00. The Labute approximate surface area is 112 Å². The molecule has 19 heavy (non-hydrogen) atoms. The maximum Gasteiger partial charge on any atom is 0.326 e. The molecule has 0 bridgehead atoms. The van der Waals surface area contributed by atoms with Gasteiger partial charge in [0.2, 0.25) is 5.91 Å². The van der Waals surface area contributed by atoms with E-state index in [1.54, 1.807) is 6.92 Å². The lowest BCUT2D eigenvalue weighted by Gasteiger charge is -2.29. The number of fused-ring (bicyclic) bond motifs is 1. The van der Waals surface area contributed by atoms with Crippen LogP contribution in [0.1, 0.15) is 18.9 Å². The van der Waals surface area contributed by atoms with Crippen LogP contribution in [0, 0.1) is 0 Å². The number of rotatable bonds is 4. The van der Waals surface area contributed by atoms with Crippen LogP contribution in [-0.2, 0) is 20.7 Å². The van der Waals surface area contributed by atoms with Crippen LogP contribution in [0.3, 0.4) is 0 Å². The molecule has 0 radical (unpaired) electrons. The number of carbonyl (C=O) groups excluding carboxylic acids is 2. The van der Waals surface area contributed by atoms with Crippen molar-refractivity contribution < 1.29 is 14.3 Å². The van der Waals surface area contributed by atoms with E-state index in [9.17, 15) is 9.59 Å². The van der Waals surface area contributed by atoms with Crippen LogP contribution in [-0.4, -0.2) is 32.1 Å². The lowest BCUT2D eigenvalue weighted by atomic mass is 10.0. The summed E-state index contributed by atoms with van der Waals surface area (Å²) in [6.45, 7) is 2.06. The fourth-order valence-electron chi connectivity index (χ4n) is 2.22. The number of carbonyl (C=O) groups is 2. The zero-order valence-electron chi connectivity index (χ0n) is 11.2. The van der Waals surface area contributed by atoms with Crippen molar-refractivity contribution in [1.29, 1.82) is 0 Å². The Morgan fingerprint density at radius 1 is 1.42 bits per heavy atom. The largest absolute Gasteiger partial charge is 0.465 e. The molecule has 1 amide bonds. The van der Waals surface area contributed by atoms with Gasteiger partial charge in [-0.05, 0) is 37.1 Å². The Kier molecular flexibility index (Phi) is 4.04. The number of ether oxygens (including phenoxy) is 1. The van der Waals surface area contributed by atoms with Gasteiger partial charge in [-0.15, -0.1) is 0 Å². The van der Waals surface area contributed by atoms with Crippen LogP contribution in [0.2, 0.25) is 0 Å². The first-order chi connectivity index (χ1) is 9.15. The number of amides is 1. The summed E-state index contributed by atoms with van der Waals surface area (Å²) in [6.07, 6.45) is 1.14. The van der Waals surface area contributed by atoms with Gasteiger partial charge in [0.1, 0.15) is 6.54 Å². The quantitative estimate of drug-likeness (QED) is 0.837. The second-order valence-electron chi connectivity index (χ2n) is 4.38. The van der Waals surface area contributed by atoms with Gasteiger partial charge in [0.05, 0.1) is 6.61 Å². The molecule has 1 aromatic rings. The van der Waals surface area contributed by atoms with Crippen molar-refractivity contribution in [1.82, 2.24) is 0 Å². The van der Waals surface area contributed by atoms with Gasteiger partial charge in [-0.1, -0.05) is 0 Å². The predicted molar refractivity (Wildman–Crippen MR) is 73.3 cm³/mol. The van der Waals surface area contributed by atoms with Gasteiger partial charge in [0.15, 0.2) is 0 Å². The van der Waals surface area contributed by atoms with E-state index in [2.05, 4.69) is 5.32 Å². The number of nitrogens with one attached hydrogen (secondary N) is 1. The van der Waals surface area contributed by atoms with E-state index in [-0.39, 0.29) is 18.4 Å². The van der Waals surface area contributed by atoms with Crippen LogP contribution in [0.4, 0.5) is 11.4 Å². The van der Waals surface area contributed by atoms with E-state index >= 15 is 0 Å². The molecule has 5 heteroatoms. The van der Waals surface area contributed by atoms with Gasteiger partial charge < -0.3 is 15.0 Å². The van der Waals surface area contributed by atoms with Gasteiger partial charge in [-0.25, -0.2) is 0 Å². The van der Waals surface area contributed by atoms with Crippen molar-refractivity contribution in [2.75, 3.05) is 30.4 Å². The van der Waals surface area contributed by atoms with Crippen molar-refractivity contribution in [2.24, 2.45) is 0 Å². The second kappa shape index (κ2) is 5.73. The molecule has 1 aromatic carbocycles. The highest BCUT2D eigenvalue weighted by Crippen LogP contribution is 2.30. The summed E-state index contributed by atoms with van der Waals surface area (Å²) in [4.78, 5) is 25.0. The van der Waals surface area contributed by atoms with Crippen molar-refractivity contribution in [2.45, 2.75) is 19.8 Å². The van der Waals surface area contributed by atoms with E-state index in [1.165, 1.54) is 4.90 Å². The first-order valence-corrected chi connectivity index (χ1v) is 6.42. The molecule has 1 aliphatic rings. The highest BCUT2D eigenvalue weighted by atomic mass is 16.5. The average Bonchev–Trinajstić information content (AvgIpc) is 2.41. The zero-order chi connectivity index (χ0) is 13.8. The number of benzene rings is 1. The van der Waals surface area contributed by atoms with E-state index in [1.807, 2.05) is 25.2 Å². The molecule has 0 saturated heterocycles. The van der Waals surface area contributed by atoms with E-state index in [0.29, 0.717) is 19.4 Å². The molecule has 0 aliphatic carbocycles. The maximum atomic E-state index is 12.0. The predicted octanol–water partition coefficient (Wildman–Crippen LogP) is 1.57. The molecule has 102 valence electrons. The fraction of sp³-hybridized carbons (Fsp3) is 0.429. The fourth-order valence-corrected chi connectivity index (χ4v) is 2.22. The van der Waals surface area contributed by atoms with Crippen LogP contribution in [0.15, 0.2) is 18.2 Å². The topological polar surface area (TPSA) is 58.6 Å². The molecule has 2 rings (SSSR count). The summed E-state index contributed by atoms with van der Waals surface area (Å²) < 4.78 is 4.91. The minimum absolute atomic E-state index is 0.0153. The van der Waals surface area contributed by atoms with Gasteiger partial charge >= 0.3 is 5.97 Å². The van der Waals surface area contributed by atoms with Gasteiger partial charge in [0.25, 0.3) is 0 Å². The molecule has 1 N–H and O–H groups in total. The summed E-state index contributed by atoms with van der Waals surface area (Å²) in [7, 11) is 1.85. The smallest absolute Gasteiger partial charge is 0.326 e. The normalized spacial score (nSPS) is 14.0. The number of nitrogens with zero attached hydrogens (tertiary/aromatic N) is 1. The zero-order valence-corrected chi connectivity index (χ0v) is 11.2. The van der Waals surface area contributed by atoms with Crippen LogP contribution in [0.25, 0.3) is 0 Å². The molecule has 1 heterocycles. The Bertz CT molecular complexity index is 499. The van der Waals surface area contributed by atoms with E-state index in [0.717, 1.165) is 16.9 Å². The standard InChI is InChI=1S/C14H18N2O3/c1-3-19-14(18)9-16-12-6-5-11(15-2)8-10(12)4-7-13(16)17/h5-6,8,15H,3-4,7,9H2,1-2H3. The summed E-state index contributed by atoms with van der Waals surface area (Å²) >= 11 is 0.